The van der Waals surface area contributed by atoms with Crippen LogP contribution in [-0.2, 0) is 4.79 Å². The van der Waals surface area contributed by atoms with E-state index in [-0.39, 0.29) is 11.8 Å². The number of hydrazone groups is 1. The maximum atomic E-state index is 11.1. The van der Waals surface area contributed by atoms with E-state index in [0.717, 1.165) is 31.4 Å². The standard InChI is InChI=1S/C9H16N2O/c1-3-4-7(2)10-11-9(12)8-5-6-8/h8H,3-6H2,1-2H3,(H,11,12)/b10-7+. The van der Waals surface area contributed by atoms with Crippen molar-refractivity contribution < 1.29 is 4.79 Å². The van der Waals surface area contributed by atoms with Gasteiger partial charge < -0.3 is 0 Å². The predicted molar refractivity (Wildman–Crippen MR) is 48.9 cm³/mol. The lowest BCUT2D eigenvalue weighted by Gasteiger charge is -1.98. The third-order valence-electron chi connectivity index (χ3n) is 1.92. The van der Waals surface area contributed by atoms with Crippen molar-refractivity contribution >= 4 is 11.6 Å². The number of nitrogens with one attached hydrogen (secondary N) is 1. The Morgan fingerprint density at radius 2 is 2.25 bits per heavy atom. The van der Waals surface area contributed by atoms with Crippen LogP contribution in [0.5, 0.6) is 0 Å². The molecule has 0 unspecified atom stereocenters. The Hall–Kier alpha value is -0.860. The maximum Gasteiger partial charge on any atom is 0.243 e. The first-order chi connectivity index (χ1) is 5.74. The Morgan fingerprint density at radius 3 is 2.75 bits per heavy atom. The second-order valence-corrected chi connectivity index (χ2v) is 3.35. The van der Waals surface area contributed by atoms with Gasteiger partial charge in [0.25, 0.3) is 0 Å². The lowest BCUT2D eigenvalue weighted by molar-refractivity contribution is -0.122. The van der Waals surface area contributed by atoms with Crippen molar-refractivity contribution in [1.82, 2.24) is 5.43 Å². The molecule has 0 heterocycles. The quantitative estimate of drug-likeness (QED) is 0.503. The van der Waals surface area contributed by atoms with Gasteiger partial charge >= 0.3 is 0 Å². The van der Waals surface area contributed by atoms with E-state index in [9.17, 15) is 4.79 Å². The average molecular weight is 168 g/mol. The summed E-state index contributed by atoms with van der Waals surface area (Å²) in [5, 5.41) is 3.99. The molecule has 1 N–H and O–H groups in total. The fraction of sp³-hybridized carbons (Fsp3) is 0.778. The monoisotopic (exact) mass is 168 g/mol. The molecule has 1 saturated carbocycles. The minimum absolute atomic E-state index is 0.0884. The molecule has 1 amide bonds. The molecule has 0 aliphatic heterocycles. The first-order valence-corrected chi connectivity index (χ1v) is 4.57. The van der Waals surface area contributed by atoms with Gasteiger partial charge in [-0.2, -0.15) is 5.10 Å². The van der Waals surface area contributed by atoms with Crippen LogP contribution in [0.1, 0.15) is 39.5 Å². The van der Waals surface area contributed by atoms with Gasteiger partial charge in [0.2, 0.25) is 5.91 Å². The second kappa shape index (κ2) is 4.24. The number of hydrogen-bond donors (Lipinski definition) is 1. The molecule has 0 radical (unpaired) electrons. The number of carbonyl (C=O) groups is 1. The fourth-order valence-electron chi connectivity index (χ4n) is 1.01. The minimum atomic E-state index is 0.0884. The van der Waals surface area contributed by atoms with Gasteiger partial charge in [0, 0.05) is 11.6 Å². The van der Waals surface area contributed by atoms with E-state index >= 15 is 0 Å². The third-order valence-corrected chi connectivity index (χ3v) is 1.92. The molecule has 1 rings (SSSR count). The highest BCUT2D eigenvalue weighted by Gasteiger charge is 2.29. The zero-order valence-electron chi connectivity index (χ0n) is 7.76. The molecule has 1 aliphatic carbocycles. The topological polar surface area (TPSA) is 41.5 Å². The molecule has 0 bridgehead atoms. The molecule has 1 fully saturated rings. The molecule has 3 nitrogen and oxygen atoms in total. The van der Waals surface area contributed by atoms with Crippen LogP contribution < -0.4 is 5.43 Å². The smallest absolute Gasteiger partial charge is 0.243 e. The Morgan fingerprint density at radius 1 is 1.58 bits per heavy atom. The highest BCUT2D eigenvalue weighted by molar-refractivity contribution is 5.85. The summed E-state index contributed by atoms with van der Waals surface area (Å²) in [7, 11) is 0. The number of nitrogens with zero attached hydrogens (tertiary/aromatic N) is 1. The molecule has 0 aromatic rings. The van der Waals surface area contributed by atoms with Crippen LogP contribution in [0.15, 0.2) is 5.10 Å². The van der Waals surface area contributed by atoms with Crippen molar-refractivity contribution in [3.8, 4) is 0 Å². The lowest BCUT2D eigenvalue weighted by atomic mass is 10.2. The molecule has 0 spiro atoms. The van der Waals surface area contributed by atoms with Crippen LogP contribution in [0, 0.1) is 5.92 Å². The molecule has 1 aliphatic rings. The van der Waals surface area contributed by atoms with E-state index in [2.05, 4.69) is 17.5 Å². The summed E-state index contributed by atoms with van der Waals surface area (Å²) in [4.78, 5) is 11.1. The lowest BCUT2D eigenvalue weighted by Crippen LogP contribution is -2.20. The van der Waals surface area contributed by atoms with Gasteiger partial charge in [-0.05, 0) is 26.2 Å². The number of amides is 1. The van der Waals surface area contributed by atoms with Crippen LogP contribution in [0.4, 0.5) is 0 Å². The van der Waals surface area contributed by atoms with Gasteiger partial charge in [-0.3, -0.25) is 4.79 Å². The third kappa shape index (κ3) is 3.03. The SMILES string of the molecule is CCC/C(C)=N/NC(=O)C1CC1. The van der Waals surface area contributed by atoms with Gasteiger partial charge in [0.1, 0.15) is 0 Å². The number of rotatable bonds is 4. The summed E-state index contributed by atoms with van der Waals surface area (Å²) in [6, 6.07) is 0. The summed E-state index contributed by atoms with van der Waals surface area (Å²) >= 11 is 0. The molecular weight excluding hydrogens is 152 g/mol. The van der Waals surface area contributed by atoms with Crippen molar-refractivity contribution in [1.29, 1.82) is 0 Å². The summed E-state index contributed by atoms with van der Waals surface area (Å²) in [5.74, 6) is 0.341. The molecular formula is C9H16N2O. The molecule has 0 aromatic heterocycles. The van der Waals surface area contributed by atoms with Crippen LogP contribution in [0.3, 0.4) is 0 Å². The molecule has 12 heavy (non-hydrogen) atoms. The average Bonchev–Trinajstić information content (AvgIpc) is 2.83. The first kappa shape index (κ1) is 9.23. The Bertz CT molecular complexity index is 195. The van der Waals surface area contributed by atoms with Crippen molar-refractivity contribution in [2.24, 2.45) is 11.0 Å². The Kier molecular flexibility index (Phi) is 3.26. The second-order valence-electron chi connectivity index (χ2n) is 3.35. The van der Waals surface area contributed by atoms with Crippen LogP contribution in [0.25, 0.3) is 0 Å². The van der Waals surface area contributed by atoms with Crippen LogP contribution in [-0.4, -0.2) is 11.6 Å². The van der Waals surface area contributed by atoms with Crippen molar-refractivity contribution in [2.45, 2.75) is 39.5 Å². The van der Waals surface area contributed by atoms with E-state index in [0.29, 0.717) is 0 Å². The van der Waals surface area contributed by atoms with E-state index in [4.69, 9.17) is 0 Å². The summed E-state index contributed by atoms with van der Waals surface area (Å²) in [5.41, 5.74) is 3.58. The van der Waals surface area contributed by atoms with Gasteiger partial charge in [-0.15, -0.1) is 0 Å². The first-order valence-electron chi connectivity index (χ1n) is 4.57. The summed E-state index contributed by atoms with van der Waals surface area (Å²) in [6.45, 7) is 4.04. The molecule has 0 saturated heterocycles. The Balaban J connectivity index is 2.21. The number of hydrogen-bond acceptors (Lipinski definition) is 2. The van der Waals surface area contributed by atoms with E-state index in [1.807, 2.05) is 6.92 Å². The van der Waals surface area contributed by atoms with Crippen molar-refractivity contribution in [3.63, 3.8) is 0 Å². The van der Waals surface area contributed by atoms with Gasteiger partial charge in [0.05, 0.1) is 0 Å². The van der Waals surface area contributed by atoms with E-state index in [1.54, 1.807) is 0 Å². The van der Waals surface area contributed by atoms with Gasteiger partial charge in [-0.1, -0.05) is 13.3 Å². The summed E-state index contributed by atoms with van der Waals surface area (Å²) < 4.78 is 0. The highest BCUT2D eigenvalue weighted by Crippen LogP contribution is 2.28. The van der Waals surface area contributed by atoms with Gasteiger partial charge in [0.15, 0.2) is 0 Å². The zero-order chi connectivity index (χ0) is 8.97. The Labute approximate surface area is 73.2 Å². The van der Waals surface area contributed by atoms with Crippen molar-refractivity contribution in [2.75, 3.05) is 0 Å². The van der Waals surface area contributed by atoms with E-state index < -0.39 is 0 Å². The number of carbonyl (C=O) groups excluding carboxylic acids is 1. The largest absolute Gasteiger partial charge is 0.273 e. The zero-order valence-corrected chi connectivity index (χ0v) is 7.76. The van der Waals surface area contributed by atoms with E-state index in [1.165, 1.54) is 0 Å². The van der Waals surface area contributed by atoms with Gasteiger partial charge in [-0.25, -0.2) is 5.43 Å². The predicted octanol–water partition coefficient (Wildman–Crippen LogP) is 1.69. The molecule has 0 atom stereocenters. The van der Waals surface area contributed by atoms with Crippen LogP contribution in [0.2, 0.25) is 0 Å². The normalized spacial score (nSPS) is 17.7. The van der Waals surface area contributed by atoms with Crippen molar-refractivity contribution in [3.05, 3.63) is 0 Å². The fourth-order valence-corrected chi connectivity index (χ4v) is 1.01. The highest BCUT2D eigenvalue weighted by atomic mass is 16.2. The molecule has 3 heteroatoms. The molecule has 0 aromatic carbocycles. The summed E-state index contributed by atoms with van der Waals surface area (Å²) in [6.07, 6.45) is 4.11. The van der Waals surface area contributed by atoms with Crippen LogP contribution >= 0.6 is 0 Å². The molecule has 68 valence electrons. The minimum Gasteiger partial charge on any atom is -0.273 e. The maximum absolute atomic E-state index is 11.1.